The molecular weight excluding hydrogens is 172 g/mol. The molecule has 0 saturated carbocycles. The van der Waals surface area contributed by atoms with Gasteiger partial charge in [0.2, 0.25) is 0 Å². The van der Waals surface area contributed by atoms with Crippen molar-refractivity contribution in [2.24, 2.45) is 0 Å². The van der Waals surface area contributed by atoms with Crippen LogP contribution >= 0.6 is 0 Å². The first-order valence-electron chi connectivity index (χ1n) is 4.18. The maximum Gasteiger partial charge on any atom is 0.331 e. The van der Waals surface area contributed by atoms with Gasteiger partial charge in [0.25, 0.3) is 0 Å². The van der Waals surface area contributed by atoms with Crippen LogP contribution in [0.5, 0.6) is 0 Å². The van der Waals surface area contributed by atoms with Crippen molar-refractivity contribution in [3.05, 3.63) is 12.2 Å². The second-order valence-electron chi connectivity index (χ2n) is 2.71. The Morgan fingerprint density at radius 1 is 1.46 bits per heavy atom. The summed E-state index contributed by atoms with van der Waals surface area (Å²) >= 11 is 0. The Balaban J connectivity index is 3.80. The van der Waals surface area contributed by atoms with E-state index in [1.165, 1.54) is 0 Å². The summed E-state index contributed by atoms with van der Waals surface area (Å²) in [6.45, 7) is 3.76. The molecule has 4 nitrogen and oxygen atoms in total. The molecule has 0 aromatic carbocycles. The van der Waals surface area contributed by atoms with Crippen LogP contribution in [0, 0.1) is 0 Å². The summed E-state index contributed by atoms with van der Waals surface area (Å²) in [5.74, 6) is -1.76. The van der Waals surface area contributed by atoms with E-state index in [1.54, 1.807) is 6.92 Å². The summed E-state index contributed by atoms with van der Waals surface area (Å²) in [6, 6.07) is 0. The lowest BCUT2D eigenvalue weighted by Gasteiger charge is -2.09. The molecule has 0 aliphatic rings. The van der Waals surface area contributed by atoms with Crippen LogP contribution in [0.2, 0.25) is 0 Å². The van der Waals surface area contributed by atoms with Gasteiger partial charge in [-0.2, -0.15) is 0 Å². The Kier molecular flexibility index (Phi) is 5.59. The van der Waals surface area contributed by atoms with Crippen molar-refractivity contribution in [1.29, 1.82) is 0 Å². The van der Waals surface area contributed by atoms with Crippen LogP contribution < -0.4 is 0 Å². The number of carbonyl (C=O) groups excluding carboxylic acids is 1. The smallest absolute Gasteiger partial charge is 0.331 e. The quantitative estimate of drug-likeness (QED) is 0.520. The zero-order chi connectivity index (χ0) is 10.3. The van der Waals surface area contributed by atoms with Crippen molar-refractivity contribution in [2.45, 2.75) is 32.8 Å². The highest BCUT2D eigenvalue weighted by molar-refractivity contribution is 5.90. The van der Waals surface area contributed by atoms with E-state index < -0.39 is 11.9 Å². The molecule has 0 radical (unpaired) electrons. The second-order valence-corrected chi connectivity index (χ2v) is 2.71. The molecule has 1 unspecified atom stereocenters. The van der Waals surface area contributed by atoms with Crippen molar-refractivity contribution in [3.8, 4) is 0 Å². The third-order valence-corrected chi connectivity index (χ3v) is 1.37. The molecule has 13 heavy (non-hydrogen) atoms. The highest BCUT2D eigenvalue weighted by atomic mass is 16.5. The molecule has 0 aromatic rings. The van der Waals surface area contributed by atoms with Gasteiger partial charge in [0.05, 0.1) is 6.10 Å². The number of esters is 1. The molecule has 0 aliphatic carbocycles. The standard InChI is InChI=1S/C9H14O4/c1-3-4-7(2)13-9(12)6-5-8(10)11/h5-7H,3-4H2,1-2H3,(H,10,11). The molecule has 0 rings (SSSR count). The fraction of sp³-hybridized carbons (Fsp3) is 0.556. The van der Waals surface area contributed by atoms with Crippen LogP contribution in [0.4, 0.5) is 0 Å². The minimum Gasteiger partial charge on any atom is -0.478 e. The normalized spacial score (nSPS) is 12.8. The molecule has 0 fully saturated rings. The molecule has 0 spiro atoms. The van der Waals surface area contributed by atoms with Crippen LogP contribution in [0.25, 0.3) is 0 Å². The number of ether oxygens (including phenoxy) is 1. The van der Waals surface area contributed by atoms with Gasteiger partial charge >= 0.3 is 11.9 Å². The summed E-state index contributed by atoms with van der Waals surface area (Å²) < 4.78 is 4.85. The van der Waals surface area contributed by atoms with Gasteiger partial charge < -0.3 is 9.84 Å². The van der Waals surface area contributed by atoms with Gasteiger partial charge in [-0.25, -0.2) is 9.59 Å². The van der Waals surface area contributed by atoms with Gasteiger partial charge in [0.1, 0.15) is 0 Å². The van der Waals surface area contributed by atoms with Crippen LogP contribution in [0.15, 0.2) is 12.2 Å². The fourth-order valence-corrected chi connectivity index (χ4v) is 0.842. The molecule has 4 heteroatoms. The van der Waals surface area contributed by atoms with E-state index >= 15 is 0 Å². The van der Waals surface area contributed by atoms with E-state index in [4.69, 9.17) is 9.84 Å². The first kappa shape index (κ1) is 11.7. The average molecular weight is 186 g/mol. The van der Waals surface area contributed by atoms with Crippen LogP contribution in [-0.2, 0) is 14.3 Å². The molecule has 74 valence electrons. The van der Waals surface area contributed by atoms with Gasteiger partial charge in [0.15, 0.2) is 0 Å². The Labute approximate surface area is 77.2 Å². The molecule has 0 bridgehead atoms. The second kappa shape index (κ2) is 6.22. The van der Waals surface area contributed by atoms with Gasteiger partial charge in [-0.05, 0) is 13.3 Å². The third kappa shape index (κ3) is 7.05. The first-order valence-corrected chi connectivity index (χ1v) is 4.18. The minimum atomic E-state index is -1.15. The predicted octanol–water partition coefficient (Wildman–Crippen LogP) is 1.36. The van der Waals surface area contributed by atoms with Crippen LogP contribution in [-0.4, -0.2) is 23.1 Å². The van der Waals surface area contributed by atoms with Gasteiger partial charge in [-0.1, -0.05) is 13.3 Å². The monoisotopic (exact) mass is 186 g/mol. The number of carbonyl (C=O) groups is 2. The van der Waals surface area contributed by atoms with E-state index in [2.05, 4.69) is 0 Å². The van der Waals surface area contributed by atoms with Crippen molar-refractivity contribution in [2.75, 3.05) is 0 Å². The van der Waals surface area contributed by atoms with E-state index in [9.17, 15) is 9.59 Å². The summed E-state index contributed by atoms with van der Waals surface area (Å²) in [5.41, 5.74) is 0. The van der Waals surface area contributed by atoms with Crippen LogP contribution in [0.1, 0.15) is 26.7 Å². The number of aliphatic carboxylic acids is 1. The Hall–Kier alpha value is -1.32. The molecule has 0 saturated heterocycles. The van der Waals surface area contributed by atoms with Crippen LogP contribution in [0.3, 0.4) is 0 Å². The summed E-state index contributed by atoms with van der Waals surface area (Å²) in [5, 5.41) is 8.21. The highest BCUT2D eigenvalue weighted by Crippen LogP contribution is 2.01. The zero-order valence-corrected chi connectivity index (χ0v) is 7.82. The van der Waals surface area contributed by atoms with E-state index in [0.717, 1.165) is 25.0 Å². The molecular formula is C9H14O4. The molecule has 0 aromatic heterocycles. The minimum absolute atomic E-state index is 0.157. The van der Waals surface area contributed by atoms with Crippen molar-refractivity contribution < 1.29 is 19.4 Å². The molecule has 0 amide bonds. The fourth-order valence-electron chi connectivity index (χ4n) is 0.842. The first-order chi connectivity index (χ1) is 6.06. The number of carboxylic acid groups (broad SMARTS) is 1. The van der Waals surface area contributed by atoms with Gasteiger partial charge in [-0.15, -0.1) is 0 Å². The summed E-state index contributed by atoms with van der Waals surface area (Å²) in [6.07, 6.45) is 3.23. The number of carboxylic acids is 1. The van der Waals surface area contributed by atoms with Crippen molar-refractivity contribution in [1.82, 2.24) is 0 Å². The van der Waals surface area contributed by atoms with E-state index in [0.29, 0.717) is 0 Å². The van der Waals surface area contributed by atoms with Gasteiger partial charge in [-0.3, -0.25) is 0 Å². The van der Waals surface area contributed by atoms with E-state index in [-0.39, 0.29) is 6.10 Å². The third-order valence-electron chi connectivity index (χ3n) is 1.37. The molecule has 1 atom stereocenters. The Bertz CT molecular complexity index is 208. The van der Waals surface area contributed by atoms with Crippen molar-refractivity contribution in [3.63, 3.8) is 0 Å². The molecule has 0 aliphatic heterocycles. The molecule has 1 N–H and O–H groups in total. The molecule has 0 heterocycles. The van der Waals surface area contributed by atoms with Gasteiger partial charge in [0, 0.05) is 12.2 Å². The topological polar surface area (TPSA) is 63.6 Å². The van der Waals surface area contributed by atoms with Crippen molar-refractivity contribution >= 4 is 11.9 Å². The number of hydrogen-bond acceptors (Lipinski definition) is 3. The highest BCUT2D eigenvalue weighted by Gasteiger charge is 2.05. The lowest BCUT2D eigenvalue weighted by molar-refractivity contribution is -0.143. The Morgan fingerprint density at radius 2 is 2.08 bits per heavy atom. The Morgan fingerprint density at radius 3 is 2.54 bits per heavy atom. The maximum absolute atomic E-state index is 10.9. The lowest BCUT2D eigenvalue weighted by atomic mass is 10.2. The lowest BCUT2D eigenvalue weighted by Crippen LogP contribution is -2.12. The largest absolute Gasteiger partial charge is 0.478 e. The zero-order valence-electron chi connectivity index (χ0n) is 7.82. The maximum atomic E-state index is 10.9. The summed E-state index contributed by atoms with van der Waals surface area (Å²) in [4.78, 5) is 20.9. The predicted molar refractivity (Wildman–Crippen MR) is 47.2 cm³/mol. The average Bonchev–Trinajstić information content (AvgIpc) is 2.01. The SMILES string of the molecule is CCCC(C)OC(=O)C=CC(=O)O. The van der Waals surface area contributed by atoms with E-state index in [1.807, 2.05) is 6.92 Å². The summed E-state index contributed by atoms with van der Waals surface area (Å²) in [7, 11) is 0. The number of hydrogen-bond donors (Lipinski definition) is 1. The number of rotatable bonds is 5.